The molecule has 128 valence electrons. The van der Waals surface area contributed by atoms with Crippen molar-refractivity contribution in [2.45, 2.75) is 31.2 Å². The molecular formula is C16H26N4O2S. The summed E-state index contributed by atoms with van der Waals surface area (Å²) < 4.78 is 5.03. The molecule has 1 saturated carbocycles. The molecule has 1 aliphatic carbocycles. The lowest BCUT2D eigenvalue weighted by molar-refractivity contribution is -0.127. The summed E-state index contributed by atoms with van der Waals surface area (Å²) in [5.74, 6) is 0.959. The van der Waals surface area contributed by atoms with Crippen LogP contribution < -0.4 is 10.6 Å². The lowest BCUT2D eigenvalue weighted by Gasteiger charge is -2.41. The van der Waals surface area contributed by atoms with Gasteiger partial charge in [0.2, 0.25) is 5.91 Å². The molecule has 7 heteroatoms. The molecule has 2 fully saturated rings. The van der Waals surface area contributed by atoms with Crippen molar-refractivity contribution in [3.63, 3.8) is 0 Å². The van der Waals surface area contributed by atoms with Crippen LogP contribution in [0.25, 0.3) is 0 Å². The molecule has 23 heavy (non-hydrogen) atoms. The molecule has 0 atom stereocenters. The Bertz CT molecular complexity index is 496. The number of thiazole rings is 1. The Kier molecular flexibility index (Phi) is 5.50. The van der Waals surface area contributed by atoms with Gasteiger partial charge in [0.25, 0.3) is 0 Å². The number of likely N-dealkylation sites (tertiary alicyclic amines) is 1. The Morgan fingerprint density at radius 1 is 1.48 bits per heavy atom. The zero-order valence-corrected chi connectivity index (χ0v) is 14.5. The number of hydrogen-bond donors (Lipinski definition) is 2. The average Bonchev–Trinajstić information content (AvgIpc) is 3.23. The first-order chi connectivity index (χ1) is 11.2. The van der Waals surface area contributed by atoms with Crippen LogP contribution in [-0.4, -0.2) is 61.2 Å². The van der Waals surface area contributed by atoms with E-state index in [9.17, 15) is 4.79 Å². The molecule has 0 bridgehead atoms. The van der Waals surface area contributed by atoms with E-state index >= 15 is 0 Å². The summed E-state index contributed by atoms with van der Waals surface area (Å²) in [6.07, 6.45) is 6.15. The summed E-state index contributed by atoms with van der Waals surface area (Å²) in [6.45, 7) is 4.20. The van der Waals surface area contributed by atoms with Crippen LogP contribution in [0.3, 0.4) is 0 Å². The molecule has 0 unspecified atom stereocenters. The van der Waals surface area contributed by atoms with Gasteiger partial charge in [-0.05, 0) is 31.6 Å². The van der Waals surface area contributed by atoms with E-state index in [4.69, 9.17) is 4.74 Å². The van der Waals surface area contributed by atoms with Crippen LogP contribution in [0, 0.1) is 5.92 Å². The quantitative estimate of drug-likeness (QED) is 0.704. The van der Waals surface area contributed by atoms with Crippen LogP contribution in [0.5, 0.6) is 0 Å². The van der Waals surface area contributed by atoms with Crippen molar-refractivity contribution in [2.75, 3.05) is 45.2 Å². The van der Waals surface area contributed by atoms with Crippen LogP contribution in [0.15, 0.2) is 11.6 Å². The zero-order chi connectivity index (χ0) is 16.1. The Morgan fingerprint density at radius 3 is 2.87 bits per heavy atom. The third kappa shape index (κ3) is 4.43. The Balaban J connectivity index is 1.62. The molecule has 2 heterocycles. The molecule has 1 amide bonds. The number of amides is 1. The summed E-state index contributed by atoms with van der Waals surface area (Å²) in [6, 6.07) is 0. The summed E-state index contributed by atoms with van der Waals surface area (Å²) in [5.41, 5.74) is -0.550. The fraction of sp³-hybridized carbons (Fsp3) is 0.750. The van der Waals surface area contributed by atoms with Gasteiger partial charge in [-0.2, -0.15) is 0 Å². The molecule has 3 rings (SSSR count). The maximum atomic E-state index is 12.8. The van der Waals surface area contributed by atoms with Crippen molar-refractivity contribution >= 4 is 22.4 Å². The topological polar surface area (TPSA) is 66.5 Å². The lowest BCUT2D eigenvalue weighted by atomic mass is 9.86. The van der Waals surface area contributed by atoms with Gasteiger partial charge in [-0.25, -0.2) is 4.98 Å². The van der Waals surface area contributed by atoms with Crippen molar-refractivity contribution in [3.05, 3.63) is 11.6 Å². The molecule has 0 spiro atoms. The highest BCUT2D eigenvalue weighted by Gasteiger charge is 2.42. The molecule has 6 nitrogen and oxygen atoms in total. The van der Waals surface area contributed by atoms with Crippen molar-refractivity contribution in [3.8, 4) is 0 Å². The maximum absolute atomic E-state index is 12.8. The fourth-order valence-corrected chi connectivity index (χ4v) is 3.74. The Morgan fingerprint density at radius 2 is 2.26 bits per heavy atom. The number of carbonyl (C=O) groups is 1. The number of piperidine rings is 1. The van der Waals surface area contributed by atoms with Gasteiger partial charge in [0.1, 0.15) is 5.54 Å². The lowest BCUT2D eigenvalue weighted by Crippen LogP contribution is -2.58. The Labute approximate surface area is 141 Å². The van der Waals surface area contributed by atoms with E-state index < -0.39 is 5.54 Å². The number of hydrogen-bond acceptors (Lipinski definition) is 6. The number of carbonyl (C=O) groups excluding carboxylic acids is 1. The highest BCUT2D eigenvalue weighted by Crippen LogP contribution is 2.33. The molecule has 0 radical (unpaired) electrons. The second kappa shape index (κ2) is 7.59. The molecule has 2 N–H and O–H groups in total. The first-order valence-electron chi connectivity index (χ1n) is 8.39. The molecule has 1 aromatic heterocycles. The standard InChI is InChI=1S/C16H26N4O2S/c1-22-10-6-17-14(21)16(19-15-18-7-11-23-15)4-8-20(9-5-16)12-13-2-3-13/h7,11,13H,2-6,8-10,12H2,1H3,(H,17,21)(H,18,19). The SMILES string of the molecule is COCCNC(=O)C1(Nc2nccs2)CCN(CC2CC2)CC1. The van der Waals surface area contributed by atoms with Crippen molar-refractivity contribution < 1.29 is 9.53 Å². The van der Waals surface area contributed by atoms with E-state index in [0.717, 1.165) is 37.0 Å². The van der Waals surface area contributed by atoms with Crippen molar-refractivity contribution in [1.82, 2.24) is 15.2 Å². The van der Waals surface area contributed by atoms with Crippen molar-refractivity contribution in [2.24, 2.45) is 5.92 Å². The molecule has 1 saturated heterocycles. The van der Waals surface area contributed by atoms with Crippen LogP contribution in [0.4, 0.5) is 5.13 Å². The van der Waals surface area contributed by atoms with E-state index in [-0.39, 0.29) is 5.91 Å². The van der Waals surface area contributed by atoms with Gasteiger partial charge in [0.15, 0.2) is 5.13 Å². The third-order valence-electron chi connectivity index (χ3n) is 4.73. The van der Waals surface area contributed by atoms with E-state index in [1.54, 1.807) is 24.6 Å². The van der Waals surface area contributed by atoms with Crippen molar-refractivity contribution in [1.29, 1.82) is 0 Å². The number of aromatic nitrogens is 1. The maximum Gasteiger partial charge on any atom is 0.245 e. The molecule has 2 aliphatic rings. The first-order valence-corrected chi connectivity index (χ1v) is 9.27. The number of nitrogens with zero attached hydrogens (tertiary/aromatic N) is 2. The summed E-state index contributed by atoms with van der Waals surface area (Å²) in [4.78, 5) is 19.6. The molecule has 1 aromatic rings. The average molecular weight is 338 g/mol. The minimum Gasteiger partial charge on any atom is -0.383 e. The molecule has 0 aromatic carbocycles. The van der Waals surface area contributed by atoms with E-state index in [1.807, 2.05) is 5.38 Å². The zero-order valence-electron chi connectivity index (χ0n) is 13.7. The summed E-state index contributed by atoms with van der Waals surface area (Å²) >= 11 is 1.54. The number of methoxy groups -OCH3 is 1. The van der Waals surface area contributed by atoms with Crippen LogP contribution >= 0.6 is 11.3 Å². The largest absolute Gasteiger partial charge is 0.383 e. The smallest absolute Gasteiger partial charge is 0.245 e. The summed E-state index contributed by atoms with van der Waals surface area (Å²) in [7, 11) is 1.64. The number of ether oxygens (including phenoxy) is 1. The minimum atomic E-state index is -0.550. The third-order valence-corrected chi connectivity index (χ3v) is 5.42. The van der Waals surface area contributed by atoms with Gasteiger partial charge < -0.3 is 20.3 Å². The fourth-order valence-electron chi connectivity index (χ4n) is 3.12. The first kappa shape index (κ1) is 16.7. The number of anilines is 1. The second-order valence-corrected chi connectivity index (χ2v) is 7.43. The van der Waals surface area contributed by atoms with E-state index in [0.29, 0.717) is 13.2 Å². The van der Waals surface area contributed by atoms with Crippen LogP contribution in [0.1, 0.15) is 25.7 Å². The summed E-state index contributed by atoms with van der Waals surface area (Å²) in [5, 5.41) is 9.18. The molecular weight excluding hydrogens is 312 g/mol. The normalized spacial score (nSPS) is 21.1. The van der Waals surface area contributed by atoms with Gasteiger partial charge in [-0.3, -0.25) is 4.79 Å². The van der Waals surface area contributed by atoms with Gasteiger partial charge in [0, 0.05) is 44.9 Å². The van der Waals surface area contributed by atoms with E-state index in [2.05, 4.69) is 20.5 Å². The predicted molar refractivity (Wildman–Crippen MR) is 91.8 cm³/mol. The predicted octanol–water partition coefficient (Wildman–Crippen LogP) is 1.56. The van der Waals surface area contributed by atoms with Gasteiger partial charge in [-0.15, -0.1) is 11.3 Å². The van der Waals surface area contributed by atoms with Crippen LogP contribution in [-0.2, 0) is 9.53 Å². The Hall–Kier alpha value is -1.18. The van der Waals surface area contributed by atoms with Gasteiger partial charge in [0.05, 0.1) is 6.61 Å². The van der Waals surface area contributed by atoms with Gasteiger partial charge in [-0.1, -0.05) is 0 Å². The highest BCUT2D eigenvalue weighted by atomic mass is 32.1. The second-order valence-electron chi connectivity index (χ2n) is 6.54. The highest BCUT2D eigenvalue weighted by molar-refractivity contribution is 7.13. The molecule has 1 aliphatic heterocycles. The van der Waals surface area contributed by atoms with Gasteiger partial charge >= 0.3 is 0 Å². The van der Waals surface area contributed by atoms with Crippen LogP contribution in [0.2, 0.25) is 0 Å². The number of nitrogens with one attached hydrogen (secondary N) is 2. The van der Waals surface area contributed by atoms with E-state index in [1.165, 1.54) is 19.4 Å². The number of rotatable bonds is 8. The minimum absolute atomic E-state index is 0.0656. The monoisotopic (exact) mass is 338 g/mol.